The minimum atomic E-state index is -4.59. The lowest BCUT2D eigenvalue weighted by Gasteiger charge is -2.29. The Morgan fingerprint density at radius 3 is 2.12 bits per heavy atom. The summed E-state index contributed by atoms with van der Waals surface area (Å²) in [5.41, 5.74) is -1.84. The predicted molar refractivity (Wildman–Crippen MR) is 56.2 cm³/mol. The molecule has 0 bridgehead atoms. The van der Waals surface area contributed by atoms with Gasteiger partial charge >= 0.3 is 6.18 Å². The minimum Gasteiger partial charge on any atom is -0.381 e. The van der Waals surface area contributed by atoms with E-state index in [-0.39, 0.29) is 12.3 Å². The average molecular weight is 232 g/mol. The van der Waals surface area contributed by atoms with Gasteiger partial charge in [-0.2, -0.15) is 13.2 Å². The summed E-state index contributed by atoms with van der Waals surface area (Å²) in [6.45, 7) is 2.49. The first-order chi connectivity index (χ1) is 7.24. The topological polar surface area (TPSA) is 20.2 Å². The second-order valence-electron chi connectivity index (χ2n) is 4.29. The van der Waals surface area contributed by atoms with Crippen molar-refractivity contribution in [2.75, 3.05) is 0 Å². The Morgan fingerprint density at radius 1 is 1.19 bits per heavy atom. The van der Waals surface area contributed by atoms with Gasteiger partial charge in [0.05, 0.1) is 0 Å². The van der Waals surface area contributed by atoms with Gasteiger partial charge in [0, 0.05) is 0 Å². The Labute approximate surface area is 92.9 Å². The first-order valence-corrected chi connectivity index (χ1v) is 5.08. The van der Waals surface area contributed by atoms with Crippen LogP contribution in [0.1, 0.15) is 31.7 Å². The zero-order valence-electron chi connectivity index (χ0n) is 9.25. The van der Waals surface area contributed by atoms with Crippen LogP contribution in [-0.4, -0.2) is 16.9 Å². The van der Waals surface area contributed by atoms with Crippen molar-refractivity contribution in [3.8, 4) is 0 Å². The Kier molecular flexibility index (Phi) is 3.63. The summed E-state index contributed by atoms with van der Waals surface area (Å²) < 4.78 is 37.4. The van der Waals surface area contributed by atoms with Crippen LogP contribution in [0.5, 0.6) is 0 Å². The van der Waals surface area contributed by atoms with Crippen molar-refractivity contribution in [1.29, 1.82) is 0 Å². The molecule has 90 valence electrons. The van der Waals surface area contributed by atoms with Gasteiger partial charge in [0.1, 0.15) is 0 Å². The molecular weight excluding hydrogens is 217 g/mol. The van der Waals surface area contributed by atoms with Gasteiger partial charge < -0.3 is 5.11 Å². The number of hydrogen-bond acceptors (Lipinski definition) is 1. The summed E-state index contributed by atoms with van der Waals surface area (Å²) >= 11 is 0. The van der Waals surface area contributed by atoms with E-state index in [0.717, 1.165) is 12.5 Å². The summed E-state index contributed by atoms with van der Waals surface area (Å²) in [5, 5.41) is 9.36. The van der Waals surface area contributed by atoms with Crippen LogP contribution in [0, 0.1) is 0 Å². The molecule has 0 aliphatic carbocycles. The van der Waals surface area contributed by atoms with E-state index in [1.165, 1.54) is 0 Å². The van der Waals surface area contributed by atoms with E-state index in [9.17, 15) is 18.3 Å². The summed E-state index contributed by atoms with van der Waals surface area (Å²) in [4.78, 5) is 0. The molecule has 0 spiro atoms. The molecule has 1 rings (SSSR count). The maximum absolute atomic E-state index is 12.5. The molecule has 1 nitrogen and oxygen atoms in total. The summed E-state index contributed by atoms with van der Waals surface area (Å²) in [6.07, 6.45) is -4.92. The maximum atomic E-state index is 12.5. The van der Waals surface area contributed by atoms with Gasteiger partial charge in [-0.15, -0.1) is 0 Å². The van der Waals surface area contributed by atoms with Crippen LogP contribution in [0.2, 0.25) is 0 Å². The van der Waals surface area contributed by atoms with E-state index in [2.05, 4.69) is 0 Å². The second kappa shape index (κ2) is 4.45. The van der Waals surface area contributed by atoms with Gasteiger partial charge in [0.25, 0.3) is 0 Å². The van der Waals surface area contributed by atoms with Crippen molar-refractivity contribution in [2.24, 2.45) is 0 Å². The van der Waals surface area contributed by atoms with Gasteiger partial charge in [-0.3, -0.25) is 0 Å². The van der Waals surface area contributed by atoms with Gasteiger partial charge in [0.2, 0.25) is 0 Å². The van der Waals surface area contributed by atoms with Gasteiger partial charge in [-0.05, 0) is 24.8 Å². The van der Waals surface area contributed by atoms with E-state index in [1.54, 1.807) is 37.3 Å². The fraction of sp³-hybridized carbons (Fsp3) is 0.500. The molecule has 1 N–H and O–H groups in total. The molecule has 16 heavy (non-hydrogen) atoms. The molecule has 0 aliphatic rings. The molecule has 0 amide bonds. The second-order valence-corrected chi connectivity index (χ2v) is 4.29. The highest BCUT2D eigenvalue weighted by Crippen LogP contribution is 2.37. The highest BCUT2D eigenvalue weighted by molar-refractivity contribution is 5.19. The molecule has 1 aromatic carbocycles. The fourth-order valence-electron chi connectivity index (χ4n) is 1.61. The van der Waals surface area contributed by atoms with Crippen LogP contribution in [0.15, 0.2) is 30.3 Å². The van der Waals surface area contributed by atoms with Crippen molar-refractivity contribution < 1.29 is 18.3 Å². The van der Waals surface area contributed by atoms with Crippen LogP contribution in [0.3, 0.4) is 0 Å². The summed E-state index contributed by atoms with van der Waals surface area (Å²) in [5.74, 6) is -0.335. The van der Waals surface area contributed by atoms with E-state index in [0.29, 0.717) is 0 Å². The molecule has 0 fully saturated rings. The molecule has 0 radical (unpaired) electrons. The number of aliphatic hydroxyl groups is 1. The molecule has 2 atom stereocenters. The lowest BCUT2D eigenvalue weighted by atomic mass is 9.88. The lowest BCUT2D eigenvalue weighted by Crippen LogP contribution is -2.43. The maximum Gasteiger partial charge on any atom is 0.416 e. The standard InChI is InChI=1S/C12H15F3O/c1-9(10-6-4-3-5-7-10)8-11(2,16)12(13,14)15/h3-7,9,16H,8H2,1-2H3. The highest BCUT2D eigenvalue weighted by Gasteiger charge is 2.50. The third-order valence-electron chi connectivity index (χ3n) is 2.68. The quantitative estimate of drug-likeness (QED) is 0.845. The summed E-state index contributed by atoms with van der Waals surface area (Å²) in [6, 6.07) is 8.87. The zero-order chi connectivity index (χ0) is 12.4. The SMILES string of the molecule is CC(CC(C)(O)C(F)(F)F)c1ccccc1. The van der Waals surface area contributed by atoms with Gasteiger partial charge in [0.15, 0.2) is 5.60 Å². The van der Waals surface area contributed by atoms with Crippen molar-refractivity contribution in [1.82, 2.24) is 0 Å². The molecule has 1 aromatic rings. The Balaban J connectivity index is 2.76. The van der Waals surface area contributed by atoms with Crippen LogP contribution in [0.25, 0.3) is 0 Å². The predicted octanol–water partition coefficient (Wildman–Crippen LogP) is 3.49. The first-order valence-electron chi connectivity index (χ1n) is 5.08. The molecule has 0 saturated heterocycles. The number of alkyl halides is 3. The van der Waals surface area contributed by atoms with E-state index >= 15 is 0 Å². The largest absolute Gasteiger partial charge is 0.416 e. The monoisotopic (exact) mass is 232 g/mol. The average Bonchev–Trinajstić information content (AvgIpc) is 2.16. The van der Waals surface area contributed by atoms with Crippen molar-refractivity contribution in [3.63, 3.8) is 0 Å². The fourth-order valence-corrected chi connectivity index (χ4v) is 1.61. The van der Waals surface area contributed by atoms with Crippen LogP contribution < -0.4 is 0 Å². The van der Waals surface area contributed by atoms with Crippen LogP contribution in [-0.2, 0) is 0 Å². The molecule has 0 aliphatic heterocycles. The van der Waals surface area contributed by atoms with E-state index in [4.69, 9.17) is 0 Å². The third-order valence-corrected chi connectivity index (χ3v) is 2.68. The number of halogens is 3. The van der Waals surface area contributed by atoms with Crippen molar-refractivity contribution in [2.45, 2.75) is 38.0 Å². The van der Waals surface area contributed by atoms with Crippen molar-refractivity contribution >= 4 is 0 Å². The minimum absolute atomic E-state index is 0.333. The van der Waals surface area contributed by atoms with Gasteiger partial charge in [-0.25, -0.2) is 0 Å². The summed E-state index contributed by atoms with van der Waals surface area (Å²) in [7, 11) is 0. The van der Waals surface area contributed by atoms with Crippen LogP contribution >= 0.6 is 0 Å². The smallest absolute Gasteiger partial charge is 0.381 e. The lowest BCUT2D eigenvalue weighted by molar-refractivity contribution is -0.256. The zero-order valence-corrected chi connectivity index (χ0v) is 9.25. The molecule has 0 saturated carbocycles. The first kappa shape index (κ1) is 13.0. The number of rotatable bonds is 3. The molecule has 4 heteroatoms. The third kappa shape index (κ3) is 2.98. The molecular formula is C12H15F3O. The Morgan fingerprint density at radius 2 is 1.69 bits per heavy atom. The molecule has 0 heterocycles. The Bertz CT molecular complexity index is 330. The normalized spacial score (nSPS) is 17.9. The van der Waals surface area contributed by atoms with Crippen LogP contribution in [0.4, 0.5) is 13.2 Å². The van der Waals surface area contributed by atoms with E-state index in [1.807, 2.05) is 0 Å². The Hall–Kier alpha value is -1.03. The number of hydrogen-bond donors (Lipinski definition) is 1. The number of benzene rings is 1. The van der Waals surface area contributed by atoms with Gasteiger partial charge in [-0.1, -0.05) is 37.3 Å². The van der Waals surface area contributed by atoms with E-state index < -0.39 is 11.8 Å². The molecule has 0 aromatic heterocycles. The van der Waals surface area contributed by atoms with Crippen molar-refractivity contribution in [3.05, 3.63) is 35.9 Å². The molecule has 2 unspecified atom stereocenters. The highest BCUT2D eigenvalue weighted by atomic mass is 19.4.